The monoisotopic (exact) mass is 568 g/mol. The van der Waals surface area contributed by atoms with E-state index in [2.05, 4.69) is 26.3 Å². The van der Waals surface area contributed by atoms with Crippen molar-refractivity contribution >= 4 is 35.6 Å². The SMILES string of the molecule is NC(N)=NCCCC(NC(=O)C(CO)NC(=O)CNC(=O)C(N)Cc1ccc(O)cc1)C(=O)NC(CO)C(=O)O. The fourth-order valence-electron chi connectivity index (χ4n) is 3.22. The van der Waals surface area contributed by atoms with Crippen LogP contribution in [0.5, 0.6) is 5.75 Å². The van der Waals surface area contributed by atoms with Crippen molar-refractivity contribution in [2.24, 2.45) is 22.2 Å². The standard InChI is InChI=1S/C23H36N8O9/c24-14(8-12-3-5-13(34)6-4-12)19(36)28-9-18(35)29-16(10-32)21(38)30-15(2-1-7-27-23(25)26)20(37)31-17(11-33)22(39)40/h3-6,14-17,32-34H,1-2,7-11,24H2,(H,28,36)(H,29,35)(H,30,38)(H,31,37)(H,39,40)(H4,25,26,27). The third-order valence-corrected chi connectivity index (χ3v) is 5.36. The van der Waals surface area contributed by atoms with Gasteiger partial charge in [-0.25, -0.2) is 4.79 Å². The Morgan fingerprint density at radius 3 is 1.98 bits per heavy atom. The van der Waals surface area contributed by atoms with Crippen molar-refractivity contribution in [1.29, 1.82) is 0 Å². The number of aromatic hydroxyl groups is 1. The summed E-state index contributed by atoms with van der Waals surface area (Å²) >= 11 is 0. The van der Waals surface area contributed by atoms with Crippen LogP contribution >= 0.6 is 0 Å². The Morgan fingerprint density at radius 2 is 1.43 bits per heavy atom. The van der Waals surface area contributed by atoms with Crippen molar-refractivity contribution in [3.63, 3.8) is 0 Å². The Hall–Kier alpha value is -4.48. The number of nitrogens with zero attached hydrogens (tertiary/aromatic N) is 1. The van der Waals surface area contributed by atoms with E-state index < -0.39 is 73.5 Å². The van der Waals surface area contributed by atoms with E-state index in [1.54, 1.807) is 12.1 Å². The molecule has 0 aliphatic heterocycles. The molecule has 17 nitrogen and oxygen atoms in total. The molecule has 1 aromatic rings. The Balaban J connectivity index is 2.73. The fourth-order valence-corrected chi connectivity index (χ4v) is 3.22. The van der Waals surface area contributed by atoms with Gasteiger partial charge in [0.1, 0.15) is 23.9 Å². The molecule has 0 saturated heterocycles. The van der Waals surface area contributed by atoms with Crippen molar-refractivity contribution in [2.45, 2.75) is 43.4 Å². The van der Waals surface area contributed by atoms with Crippen molar-refractivity contribution in [2.75, 3.05) is 26.3 Å². The minimum Gasteiger partial charge on any atom is -0.508 e. The lowest BCUT2D eigenvalue weighted by atomic mass is 10.1. The predicted octanol–water partition coefficient (Wildman–Crippen LogP) is -5.04. The second-order valence-corrected chi connectivity index (χ2v) is 8.59. The van der Waals surface area contributed by atoms with Gasteiger partial charge in [0.25, 0.3) is 0 Å². The lowest BCUT2D eigenvalue weighted by Crippen LogP contribution is -2.57. The van der Waals surface area contributed by atoms with E-state index in [1.807, 2.05) is 0 Å². The number of aliphatic carboxylic acids is 1. The number of benzene rings is 1. The van der Waals surface area contributed by atoms with Gasteiger partial charge >= 0.3 is 5.97 Å². The topological polar surface area (TPSA) is 305 Å². The first-order valence-corrected chi connectivity index (χ1v) is 12.1. The van der Waals surface area contributed by atoms with Gasteiger partial charge in [-0.3, -0.25) is 24.2 Å². The molecule has 4 amide bonds. The van der Waals surface area contributed by atoms with E-state index >= 15 is 0 Å². The molecule has 0 heterocycles. The maximum atomic E-state index is 12.7. The average Bonchev–Trinajstić information content (AvgIpc) is 2.91. The highest BCUT2D eigenvalue weighted by Gasteiger charge is 2.29. The number of carbonyl (C=O) groups is 5. The number of phenolic OH excluding ortho intramolecular Hbond substituents is 1. The Morgan fingerprint density at radius 1 is 0.850 bits per heavy atom. The van der Waals surface area contributed by atoms with E-state index in [9.17, 15) is 34.2 Å². The van der Waals surface area contributed by atoms with Crippen LogP contribution in [0.2, 0.25) is 0 Å². The van der Waals surface area contributed by atoms with Crippen molar-refractivity contribution < 1.29 is 44.4 Å². The molecule has 0 spiro atoms. The molecule has 0 saturated carbocycles. The number of guanidine groups is 1. The van der Waals surface area contributed by atoms with Crippen LogP contribution in [0.25, 0.3) is 0 Å². The van der Waals surface area contributed by atoms with Crippen molar-refractivity contribution in [3.05, 3.63) is 29.8 Å². The largest absolute Gasteiger partial charge is 0.508 e. The number of amides is 4. The molecule has 1 aromatic carbocycles. The molecule has 222 valence electrons. The summed E-state index contributed by atoms with van der Waals surface area (Å²) in [5.41, 5.74) is 17.0. The van der Waals surface area contributed by atoms with Gasteiger partial charge in [0.15, 0.2) is 5.96 Å². The lowest BCUT2D eigenvalue weighted by molar-refractivity contribution is -0.143. The number of nitrogens with one attached hydrogen (secondary N) is 4. The average molecular weight is 569 g/mol. The van der Waals surface area contributed by atoms with Gasteiger partial charge in [-0.05, 0) is 37.0 Å². The van der Waals surface area contributed by atoms with Gasteiger partial charge in [-0.15, -0.1) is 0 Å². The molecule has 40 heavy (non-hydrogen) atoms. The van der Waals surface area contributed by atoms with Crippen molar-refractivity contribution in [3.8, 4) is 5.75 Å². The molecular weight excluding hydrogens is 532 g/mol. The van der Waals surface area contributed by atoms with E-state index in [0.717, 1.165) is 0 Å². The summed E-state index contributed by atoms with van der Waals surface area (Å²) in [5.74, 6) is -5.10. The normalized spacial score (nSPS) is 13.6. The van der Waals surface area contributed by atoms with Crippen LogP contribution in [0, 0.1) is 0 Å². The molecule has 4 unspecified atom stereocenters. The van der Waals surface area contributed by atoms with Gasteiger partial charge in [-0.2, -0.15) is 0 Å². The van der Waals surface area contributed by atoms with E-state index in [1.165, 1.54) is 12.1 Å². The van der Waals surface area contributed by atoms with E-state index in [4.69, 9.17) is 27.4 Å². The molecule has 17 heteroatoms. The fraction of sp³-hybridized carbons (Fsp3) is 0.478. The third-order valence-electron chi connectivity index (χ3n) is 5.36. The zero-order valence-corrected chi connectivity index (χ0v) is 21.6. The summed E-state index contributed by atoms with van der Waals surface area (Å²) in [6.07, 6.45) is 0.244. The highest BCUT2D eigenvalue weighted by molar-refractivity contribution is 5.94. The molecule has 0 aromatic heterocycles. The smallest absolute Gasteiger partial charge is 0.328 e. The number of aliphatic hydroxyl groups excluding tert-OH is 2. The number of hydrogen-bond acceptors (Lipinski definition) is 10. The second-order valence-electron chi connectivity index (χ2n) is 8.59. The van der Waals surface area contributed by atoms with E-state index in [0.29, 0.717) is 5.56 Å². The molecular formula is C23H36N8O9. The van der Waals surface area contributed by atoms with Gasteiger partial charge in [0.05, 0.1) is 25.8 Å². The molecule has 1 rings (SSSR count). The van der Waals surface area contributed by atoms with Crippen LogP contribution in [0.3, 0.4) is 0 Å². The molecule has 0 aliphatic rings. The zero-order valence-electron chi connectivity index (χ0n) is 21.6. The number of carboxylic acid groups (broad SMARTS) is 1. The number of hydrogen-bond donors (Lipinski definition) is 11. The maximum absolute atomic E-state index is 12.7. The summed E-state index contributed by atoms with van der Waals surface area (Å²) in [6, 6.07) is 0.517. The molecule has 0 aliphatic carbocycles. The Labute approximate surface area is 229 Å². The van der Waals surface area contributed by atoms with Gasteiger partial charge in [0, 0.05) is 6.54 Å². The van der Waals surface area contributed by atoms with Crippen LogP contribution < -0.4 is 38.5 Å². The van der Waals surface area contributed by atoms with Crippen LogP contribution in [-0.2, 0) is 30.4 Å². The first-order valence-electron chi connectivity index (χ1n) is 12.1. The van der Waals surface area contributed by atoms with Crippen LogP contribution in [0.15, 0.2) is 29.3 Å². The molecule has 14 N–H and O–H groups in total. The zero-order chi connectivity index (χ0) is 30.2. The van der Waals surface area contributed by atoms with E-state index in [-0.39, 0.29) is 37.5 Å². The number of aliphatic hydroxyl groups is 2. The predicted molar refractivity (Wildman–Crippen MR) is 140 cm³/mol. The quantitative estimate of drug-likeness (QED) is 0.0478. The molecule has 4 atom stereocenters. The summed E-state index contributed by atoms with van der Waals surface area (Å²) in [7, 11) is 0. The minimum atomic E-state index is -1.64. The highest BCUT2D eigenvalue weighted by atomic mass is 16.4. The number of carbonyl (C=O) groups excluding carboxylic acids is 4. The molecule has 0 bridgehead atoms. The Bertz CT molecular complexity index is 1050. The van der Waals surface area contributed by atoms with Crippen molar-refractivity contribution in [1.82, 2.24) is 21.3 Å². The minimum absolute atomic E-state index is 0.0495. The highest BCUT2D eigenvalue weighted by Crippen LogP contribution is 2.10. The number of nitrogens with two attached hydrogens (primary N) is 3. The summed E-state index contributed by atoms with van der Waals surface area (Å²) in [5, 5.41) is 46.1. The Kier molecular flexibility index (Phi) is 14.4. The van der Waals surface area contributed by atoms with Crippen LogP contribution in [0.4, 0.5) is 0 Å². The van der Waals surface area contributed by atoms with Gasteiger partial charge in [0.2, 0.25) is 23.6 Å². The second kappa shape index (κ2) is 17.2. The summed E-state index contributed by atoms with van der Waals surface area (Å²) in [6.45, 7) is -2.28. The number of aliphatic imine (C=N–C) groups is 1. The van der Waals surface area contributed by atoms with Crippen LogP contribution in [-0.4, -0.2) is 106 Å². The number of phenols is 1. The first kappa shape index (κ1) is 33.5. The lowest BCUT2D eigenvalue weighted by Gasteiger charge is -2.23. The third kappa shape index (κ3) is 12.4. The first-order chi connectivity index (χ1) is 18.9. The molecule has 0 radical (unpaired) electrons. The molecule has 0 fully saturated rings. The van der Waals surface area contributed by atoms with Gasteiger partial charge in [-0.1, -0.05) is 12.1 Å². The number of rotatable bonds is 17. The number of carboxylic acids is 1. The maximum Gasteiger partial charge on any atom is 0.328 e. The van der Waals surface area contributed by atoms with Crippen LogP contribution in [0.1, 0.15) is 18.4 Å². The summed E-state index contributed by atoms with van der Waals surface area (Å²) < 4.78 is 0. The van der Waals surface area contributed by atoms with Gasteiger partial charge < -0.3 is 58.9 Å². The summed E-state index contributed by atoms with van der Waals surface area (Å²) in [4.78, 5) is 64.7.